The van der Waals surface area contributed by atoms with Gasteiger partial charge in [0.25, 0.3) is 0 Å². The lowest BCUT2D eigenvalue weighted by Crippen LogP contribution is -2.39. The van der Waals surface area contributed by atoms with E-state index in [-0.39, 0.29) is 12.3 Å². The van der Waals surface area contributed by atoms with Gasteiger partial charge >= 0.3 is 11.9 Å². The number of hydrogen-bond donors (Lipinski definition) is 0. The molecule has 0 saturated heterocycles. The standard InChI is InChI=1S/C20H19NO4/c1-3-24-20(23)17-13-18(22)25-19(15-11-9-14(2)10-12-15)21(17)16-7-5-4-6-8-16/h4-13,19H,3H2,1-2H3. The van der Waals surface area contributed by atoms with Crippen molar-refractivity contribution in [3.8, 4) is 0 Å². The van der Waals surface area contributed by atoms with Gasteiger partial charge in [0.1, 0.15) is 5.70 Å². The number of nitrogens with zero attached hydrogens (tertiary/aromatic N) is 1. The number of rotatable bonds is 4. The Kier molecular flexibility index (Phi) is 4.84. The highest BCUT2D eigenvalue weighted by Gasteiger charge is 2.35. The molecular formula is C20H19NO4. The van der Waals surface area contributed by atoms with E-state index in [1.807, 2.05) is 61.5 Å². The lowest BCUT2D eigenvalue weighted by molar-refractivity contribution is -0.148. The monoisotopic (exact) mass is 337 g/mol. The molecule has 0 amide bonds. The van der Waals surface area contributed by atoms with Crippen molar-refractivity contribution in [1.29, 1.82) is 0 Å². The maximum Gasteiger partial charge on any atom is 0.355 e. The number of para-hydroxylation sites is 1. The van der Waals surface area contributed by atoms with Crippen molar-refractivity contribution in [1.82, 2.24) is 0 Å². The zero-order chi connectivity index (χ0) is 17.8. The van der Waals surface area contributed by atoms with E-state index in [1.54, 1.807) is 11.8 Å². The summed E-state index contributed by atoms with van der Waals surface area (Å²) < 4.78 is 10.7. The predicted molar refractivity (Wildman–Crippen MR) is 93.6 cm³/mol. The summed E-state index contributed by atoms with van der Waals surface area (Å²) in [6.45, 7) is 3.93. The van der Waals surface area contributed by atoms with Crippen molar-refractivity contribution in [2.45, 2.75) is 20.1 Å². The van der Waals surface area contributed by atoms with Crippen LogP contribution in [0.1, 0.15) is 24.3 Å². The van der Waals surface area contributed by atoms with E-state index in [9.17, 15) is 9.59 Å². The first kappa shape index (κ1) is 16.8. The van der Waals surface area contributed by atoms with Gasteiger partial charge in [-0.2, -0.15) is 0 Å². The Hall–Kier alpha value is -3.08. The lowest BCUT2D eigenvalue weighted by Gasteiger charge is -2.36. The Bertz CT molecular complexity index is 796. The highest BCUT2D eigenvalue weighted by Crippen LogP contribution is 2.35. The highest BCUT2D eigenvalue weighted by molar-refractivity contribution is 6.01. The summed E-state index contributed by atoms with van der Waals surface area (Å²) >= 11 is 0. The molecule has 0 radical (unpaired) electrons. The van der Waals surface area contributed by atoms with Crippen LogP contribution in [0.5, 0.6) is 0 Å². The quantitative estimate of drug-likeness (QED) is 0.799. The topological polar surface area (TPSA) is 55.8 Å². The van der Waals surface area contributed by atoms with E-state index in [4.69, 9.17) is 9.47 Å². The average Bonchev–Trinajstić information content (AvgIpc) is 2.62. The van der Waals surface area contributed by atoms with Crippen molar-refractivity contribution >= 4 is 17.6 Å². The fourth-order valence-corrected chi connectivity index (χ4v) is 2.68. The molecule has 5 nitrogen and oxygen atoms in total. The first-order chi connectivity index (χ1) is 12.1. The minimum absolute atomic E-state index is 0.162. The van der Waals surface area contributed by atoms with Crippen LogP contribution >= 0.6 is 0 Å². The second-order valence-electron chi connectivity index (χ2n) is 5.66. The number of esters is 2. The SMILES string of the molecule is CCOC(=O)C1=CC(=O)OC(c2ccc(C)cc2)N1c1ccccc1. The van der Waals surface area contributed by atoms with Gasteiger partial charge in [-0.3, -0.25) is 4.90 Å². The van der Waals surface area contributed by atoms with Crippen molar-refractivity contribution in [2.75, 3.05) is 11.5 Å². The van der Waals surface area contributed by atoms with Crippen LogP contribution in [0.4, 0.5) is 5.69 Å². The number of hydrogen-bond acceptors (Lipinski definition) is 5. The number of carbonyl (C=O) groups is 2. The fraction of sp³-hybridized carbons (Fsp3) is 0.200. The molecule has 1 heterocycles. The summed E-state index contributed by atoms with van der Waals surface area (Å²) in [4.78, 5) is 26.2. The van der Waals surface area contributed by atoms with E-state index in [0.717, 1.165) is 16.8 Å². The largest absolute Gasteiger partial charge is 0.461 e. The van der Waals surface area contributed by atoms with Gasteiger partial charge in [-0.1, -0.05) is 48.0 Å². The Balaban J connectivity index is 2.09. The normalized spacial score (nSPS) is 16.9. The summed E-state index contributed by atoms with van der Waals surface area (Å²) in [5.74, 6) is -1.12. The third-order valence-electron chi connectivity index (χ3n) is 3.86. The Morgan fingerprint density at radius 3 is 2.44 bits per heavy atom. The zero-order valence-corrected chi connectivity index (χ0v) is 14.1. The summed E-state index contributed by atoms with van der Waals surface area (Å²) in [5.41, 5.74) is 2.77. The molecule has 2 aromatic carbocycles. The van der Waals surface area contributed by atoms with Gasteiger partial charge < -0.3 is 9.47 Å². The van der Waals surface area contributed by atoms with Gasteiger partial charge in [-0.15, -0.1) is 0 Å². The van der Waals surface area contributed by atoms with Gasteiger partial charge in [0.2, 0.25) is 6.23 Å². The Morgan fingerprint density at radius 2 is 1.80 bits per heavy atom. The van der Waals surface area contributed by atoms with Gasteiger partial charge in [0, 0.05) is 11.3 Å². The molecule has 0 fully saturated rings. The minimum atomic E-state index is -0.736. The number of carbonyl (C=O) groups excluding carboxylic acids is 2. The summed E-state index contributed by atoms with van der Waals surface area (Å²) in [6.07, 6.45) is 0.440. The molecular weight excluding hydrogens is 318 g/mol. The summed E-state index contributed by atoms with van der Waals surface area (Å²) in [6, 6.07) is 17.0. The van der Waals surface area contributed by atoms with Crippen LogP contribution < -0.4 is 4.90 Å². The maximum absolute atomic E-state index is 12.4. The third-order valence-corrected chi connectivity index (χ3v) is 3.86. The van der Waals surface area contributed by atoms with Crippen LogP contribution in [0, 0.1) is 6.92 Å². The smallest absolute Gasteiger partial charge is 0.355 e. The molecule has 1 aliphatic heterocycles. The molecule has 0 aromatic heterocycles. The number of benzene rings is 2. The van der Waals surface area contributed by atoms with Gasteiger partial charge in [0.15, 0.2) is 0 Å². The average molecular weight is 337 g/mol. The second kappa shape index (κ2) is 7.21. The molecule has 1 aliphatic rings. The van der Waals surface area contributed by atoms with Crippen LogP contribution in [0.2, 0.25) is 0 Å². The van der Waals surface area contributed by atoms with Gasteiger partial charge in [-0.05, 0) is 26.0 Å². The molecule has 0 bridgehead atoms. The molecule has 25 heavy (non-hydrogen) atoms. The Morgan fingerprint density at radius 1 is 1.12 bits per heavy atom. The van der Waals surface area contributed by atoms with Crippen molar-refractivity contribution in [3.05, 3.63) is 77.5 Å². The molecule has 5 heteroatoms. The van der Waals surface area contributed by atoms with E-state index >= 15 is 0 Å². The number of aryl methyl sites for hydroxylation is 1. The molecule has 0 N–H and O–H groups in total. The van der Waals surface area contributed by atoms with Gasteiger partial charge in [-0.25, -0.2) is 9.59 Å². The molecule has 3 rings (SSSR count). The van der Waals surface area contributed by atoms with Crippen molar-refractivity contribution in [3.63, 3.8) is 0 Å². The van der Waals surface area contributed by atoms with Gasteiger partial charge in [0.05, 0.1) is 12.7 Å². The number of cyclic esters (lactones) is 1. The first-order valence-electron chi connectivity index (χ1n) is 8.10. The van der Waals surface area contributed by atoms with Crippen LogP contribution in [-0.4, -0.2) is 18.5 Å². The van der Waals surface area contributed by atoms with Crippen LogP contribution in [0.3, 0.4) is 0 Å². The van der Waals surface area contributed by atoms with Crippen molar-refractivity contribution in [2.24, 2.45) is 0 Å². The second-order valence-corrected chi connectivity index (χ2v) is 5.66. The van der Waals surface area contributed by atoms with E-state index in [0.29, 0.717) is 0 Å². The molecule has 2 aromatic rings. The van der Waals surface area contributed by atoms with Crippen molar-refractivity contribution < 1.29 is 19.1 Å². The molecule has 0 aliphatic carbocycles. The molecule has 1 unspecified atom stereocenters. The number of ether oxygens (including phenoxy) is 2. The van der Waals surface area contributed by atoms with E-state index in [2.05, 4.69) is 0 Å². The highest BCUT2D eigenvalue weighted by atomic mass is 16.6. The molecule has 128 valence electrons. The Labute approximate surface area is 146 Å². The maximum atomic E-state index is 12.4. The predicted octanol–water partition coefficient (Wildman–Crippen LogP) is 3.50. The molecule has 0 saturated carbocycles. The van der Waals surface area contributed by atoms with E-state index in [1.165, 1.54) is 6.08 Å². The molecule has 1 atom stereocenters. The number of anilines is 1. The fourth-order valence-electron chi connectivity index (χ4n) is 2.68. The summed E-state index contributed by atoms with van der Waals surface area (Å²) in [5, 5.41) is 0. The third kappa shape index (κ3) is 3.55. The summed E-state index contributed by atoms with van der Waals surface area (Å²) in [7, 11) is 0. The van der Waals surface area contributed by atoms with E-state index < -0.39 is 18.2 Å². The molecule has 0 spiro atoms. The lowest BCUT2D eigenvalue weighted by atomic mass is 10.1. The zero-order valence-electron chi connectivity index (χ0n) is 14.1. The van der Waals surface area contributed by atoms with Crippen LogP contribution in [0.15, 0.2) is 66.4 Å². The minimum Gasteiger partial charge on any atom is -0.461 e. The van der Waals surface area contributed by atoms with Crippen LogP contribution in [0.25, 0.3) is 0 Å². The first-order valence-corrected chi connectivity index (χ1v) is 8.10. The van der Waals surface area contributed by atoms with Crippen LogP contribution in [-0.2, 0) is 19.1 Å².